The van der Waals surface area contributed by atoms with Gasteiger partial charge in [-0.3, -0.25) is 14.8 Å². The number of amides is 1. The molecule has 0 spiro atoms. The molecule has 0 aliphatic carbocycles. The number of aromatic nitrogens is 1. The Hall–Kier alpha value is -3.49. The quantitative estimate of drug-likeness (QED) is 0.396. The third kappa shape index (κ3) is 3.38. The Bertz CT molecular complexity index is 1200. The standard InChI is InChI=1S/C20H14N2O5S/c23-17-16-14(7-4-10-21-16)27-18(12-5-2-1-3-6-12)19(17)26-11-13-8-9-15(28-13)20(24)22-25/h1-10,25H,11H2,(H,22,24). The van der Waals surface area contributed by atoms with Crippen LogP contribution in [0.1, 0.15) is 14.5 Å². The Labute approximate surface area is 162 Å². The highest BCUT2D eigenvalue weighted by Gasteiger charge is 2.19. The summed E-state index contributed by atoms with van der Waals surface area (Å²) in [5.74, 6) is -0.231. The molecule has 0 aliphatic heterocycles. The predicted octanol–water partition coefficient (Wildman–Crippen LogP) is 3.61. The van der Waals surface area contributed by atoms with Crippen LogP contribution in [0, 0.1) is 0 Å². The molecule has 0 fully saturated rings. The number of hydroxylamine groups is 1. The van der Waals surface area contributed by atoms with Crippen LogP contribution in [0.25, 0.3) is 22.4 Å². The van der Waals surface area contributed by atoms with Crippen molar-refractivity contribution in [2.24, 2.45) is 0 Å². The molecule has 8 heteroatoms. The number of carbonyl (C=O) groups excluding carboxylic acids is 1. The number of nitrogens with one attached hydrogen (secondary N) is 1. The van der Waals surface area contributed by atoms with E-state index in [1.165, 1.54) is 6.20 Å². The van der Waals surface area contributed by atoms with Crippen LogP contribution in [-0.2, 0) is 6.61 Å². The third-order valence-electron chi connectivity index (χ3n) is 3.99. The predicted molar refractivity (Wildman–Crippen MR) is 104 cm³/mol. The molecule has 7 nitrogen and oxygen atoms in total. The maximum Gasteiger partial charge on any atom is 0.284 e. The molecule has 0 atom stereocenters. The molecule has 0 aliphatic rings. The van der Waals surface area contributed by atoms with Crippen LogP contribution in [0.2, 0.25) is 0 Å². The van der Waals surface area contributed by atoms with E-state index in [2.05, 4.69) is 4.98 Å². The van der Waals surface area contributed by atoms with Crippen LogP contribution < -0.4 is 15.6 Å². The van der Waals surface area contributed by atoms with Gasteiger partial charge in [0.05, 0.1) is 4.88 Å². The van der Waals surface area contributed by atoms with E-state index in [0.717, 1.165) is 11.3 Å². The zero-order valence-corrected chi connectivity index (χ0v) is 15.2. The molecule has 0 saturated carbocycles. The first-order valence-corrected chi connectivity index (χ1v) is 9.12. The summed E-state index contributed by atoms with van der Waals surface area (Å²) in [6, 6.07) is 15.8. The van der Waals surface area contributed by atoms with Gasteiger partial charge in [-0.25, -0.2) is 10.5 Å². The van der Waals surface area contributed by atoms with Crippen LogP contribution >= 0.6 is 11.3 Å². The molecule has 1 aromatic carbocycles. The van der Waals surface area contributed by atoms with Crippen molar-refractivity contribution >= 4 is 28.3 Å². The van der Waals surface area contributed by atoms with Crippen LogP contribution in [0.15, 0.2) is 70.0 Å². The largest absolute Gasteiger partial charge is 0.480 e. The first-order chi connectivity index (χ1) is 13.7. The number of rotatable bonds is 5. The van der Waals surface area contributed by atoms with Crippen molar-refractivity contribution in [2.45, 2.75) is 6.61 Å². The van der Waals surface area contributed by atoms with Gasteiger partial charge in [0.1, 0.15) is 6.61 Å². The first kappa shape index (κ1) is 17.9. The molecule has 0 bridgehead atoms. The van der Waals surface area contributed by atoms with Gasteiger partial charge < -0.3 is 9.15 Å². The fourth-order valence-corrected chi connectivity index (χ4v) is 3.51. The molecule has 3 aromatic heterocycles. The minimum atomic E-state index is -0.601. The van der Waals surface area contributed by atoms with E-state index in [0.29, 0.717) is 26.7 Å². The van der Waals surface area contributed by atoms with E-state index >= 15 is 0 Å². The van der Waals surface area contributed by atoms with Crippen LogP contribution in [-0.4, -0.2) is 16.1 Å². The highest BCUT2D eigenvalue weighted by Crippen LogP contribution is 2.31. The molecule has 140 valence electrons. The maximum atomic E-state index is 13.0. The molecule has 28 heavy (non-hydrogen) atoms. The minimum Gasteiger partial charge on any atom is -0.480 e. The van der Waals surface area contributed by atoms with Crippen molar-refractivity contribution in [3.8, 4) is 17.1 Å². The molecule has 4 aromatic rings. The molecule has 0 unspecified atom stereocenters. The van der Waals surface area contributed by atoms with Gasteiger partial charge in [-0.2, -0.15) is 0 Å². The third-order valence-corrected chi connectivity index (χ3v) is 5.05. The summed E-state index contributed by atoms with van der Waals surface area (Å²) < 4.78 is 11.7. The van der Waals surface area contributed by atoms with Crippen LogP contribution in [0.4, 0.5) is 0 Å². The van der Waals surface area contributed by atoms with E-state index in [4.69, 9.17) is 14.4 Å². The summed E-state index contributed by atoms with van der Waals surface area (Å²) >= 11 is 1.15. The van der Waals surface area contributed by atoms with E-state index in [1.807, 2.05) is 30.3 Å². The van der Waals surface area contributed by atoms with Crippen molar-refractivity contribution < 1.29 is 19.2 Å². The van der Waals surface area contributed by atoms with Crippen LogP contribution in [0.5, 0.6) is 5.75 Å². The molecule has 1 amide bonds. The van der Waals surface area contributed by atoms with E-state index in [-0.39, 0.29) is 23.3 Å². The highest BCUT2D eigenvalue weighted by atomic mass is 32.1. The molecule has 0 saturated heterocycles. The van der Waals surface area contributed by atoms with Crippen molar-refractivity contribution in [3.63, 3.8) is 0 Å². The second kappa shape index (κ2) is 7.63. The summed E-state index contributed by atoms with van der Waals surface area (Å²) in [4.78, 5) is 29.6. The number of ether oxygens (including phenoxy) is 1. The second-order valence-corrected chi connectivity index (χ2v) is 6.97. The lowest BCUT2D eigenvalue weighted by molar-refractivity contribution is 0.0711. The average molecular weight is 394 g/mol. The number of thiophene rings is 1. The number of benzene rings is 1. The summed E-state index contributed by atoms with van der Waals surface area (Å²) in [6.45, 7) is 0.0618. The van der Waals surface area contributed by atoms with Crippen molar-refractivity contribution in [3.05, 3.63) is 80.8 Å². The molecular formula is C20H14N2O5S. The smallest absolute Gasteiger partial charge is 0.284 e. The molecule has 0 radical (unpaired) electrons. The number of carbonyl (C=O) groups is 1. The number of hydrogen-bond donors (Lipinski definition) is 2. The van der Waals surface area contributed by atoms with Crippen LogP contribution in [0.3, 0.4) is 0 Å². The van der Waals surface area contributed by atoms with Crippen molar-refractivity contribution in [1.82, 2.24) is 10.5 Å². The van der Waals surface area contributed by atoms with Crippen molar-refractivity contribution in [2.75, 3.05) is 0 Å². The number of fused-ring (bicyclic) bond motifs is 1. The lowest BCUT2D eigenvalue weighted by atomic mass is 10.1. The zero-order chi connectivity index (χ0) is 19.5. The first-order valence-electron chi connectivity index (χ1n) is 8.30. The van der Waals surface area contributed by atoms with Gasteiger partial charge in [-0.05, 0) is 24.3 Å². The molecule has 2 N–H and O–H groups in total. The van der Waals surface area contributed by atoms with Gasteiger partial charge in [0.25, 0.3) is 11.3 Å². The highest BCUT2D eigenvalue weighted by molar-refractivity contribution is 7.14. The van der Waals surface area contributed by atoms with Gasteiger partial charge in [0.15, 0.2) is 16.9 Å². The lowest BCUT2D eigenvalue weighted by Crippen LogP contribution is -2.16. The number of hydrogen-bond acceptors (Lipinski definition) is 7. The Balaban J connectivity index is 1.74. The van der Waals surface area contributed by atoms with Gasteiger partial charge in [0.2, 0.25) is 5.75 Å². The van der Waals surface area contributed by atoms with Gasteiger partial charge in [-0.1, -0.05) is 30.3 Å². The number of pyridine rings is 1. The fourth-order valence-electron chi connectivity index (χ4n) is 2.70. The second-order valence-electron chi connectivity index (χ2n) is 5.80. The van der Waals surface area contributed by atoms with E-state index < -0.39 is 5.91 Å². The minimum absolute atomic E-state index is 0.0546. The lowest BCUT2D eigenvalue weighted by Gasteiger charge is -2.10. The molecule has 4 rings (SSSR count). The fraction of sp³-hybridized carbons (Fsp3) is 0.0500. The van der Waals surface area contributed by atoms with E-state index in [1.54, 1.807) is 29.7 Å². The summed E-state index contributed by atoms with van der Waals surface area (Å²) in [7, 11) is 0. The summed E-state index contributed by atoms with van der Waals surface area (Å²) in [5.41, 5.74) is 2.47. The average Bonchev–Trinajstić information content (AvgIpc) is 3.22. The van der Waals surface area contributed by atoms with Gasteiger partial charge in [0, 0.05) is 16.6 Å². The maximum absolute atomic E-state index is 13.0. The zero-order valence-electron chi connectivity index (χ0n) is 14.4. The summed E-state index contributed by atoms with van der Waals surface area (Å²) in [6.07, 6.45) is 1.52. The van der Waals surface area contributed by atoms with Gasteiger partial charge in [-0.15, -0.1) is 11.3 Å². The molecular weight excluding hydrogens is 380 g/mol. The SMILES string of the molecule is O=C(NO)c1ccc(COc2c(-c3ccccc3)oc3cccnc3c2=O)s1. The Morgan fingerprint density at radius 1 is 1.14 bits per heavy atom. The van der Waals surface area contributed by atoms with Gasteiger partial charge >= 0.3 is 0 Å². The monoisotopic (exact) mass is 394 g/mol. The normalized spacial score (nSPS) is 10.8. The number of nitrogens with zero attached hydrogens (tertiary/aromatic N) is 1. The summed E-state index contributed by atoms with van der Waals surface area (Å²) in [5, 5.41) is 8.72. The van der Waals surface area contributed by atoms with Crippen molar-refractivity contribution in [1.29, 1.82) is 0 Å². The Morgan fingerprint density at radius 2 is 1.96 bits per heavy atom. The Morgan fingerprint density at radius 3 is 2.75 bits per heavy atom. The topological polar surface area (TPSA) is 102 Å². The van der Waals surface area contributed by atoms with E-state index in [9.17, 15) is 9.59 Å². The Kier molecular flexibility index (Phi) is 4.88. The molecule has 3 heterocycles.